The first-order valence-corrected chi connectivity index (χ1v) is 11.3. The van der Waals surface area contributed by atoms with E-state index in [-0.39, 0.29) is 10.5 Å². The molecule has 1 aromatic heterocycles. The molecule has 0 radical (unpaired) electrons. The first-order chi connectivity index (χ1) is 13.7. The molecule has 3 rings (SSSR count). The van der Waals surface area contributed by atoms with Crippen molar-refractivity contribution in [1.29, 1.82) is 0 Å². The van der Waals surface area contributed by atoms with Crippen molar-refractivity contribution in [3.8, 4) is 0 Å². The summed E-state index contributed by atoms with van der Waals surface area (Å²) in [7, 11) is -3.88. The average molecular weight is 468 g/mol. The zero-order chi connectivity index (χ0) is 21.0. The standard InChI is InChI=1S/C19H15Cl2N3O3S2/c1-12(17-9-10-18(21)28-17)22-23-19(25)13-3-2-4-16(11-13)29(26,27)24-15-7-5-14(20)6-8-15/h2-11,24H,1H3,(H,23,25). The lowest BCUT2D eigenvalue weighted by atomic mass is 10.2. The highest BCUT2D eigenvalue weighted by atomic mass is 35.5. The summed E-state index contributed by atoms with van der Waals surface area (Å²) in [6.07, 6.45) is 0. The van der Waals surface area contributed by atoms with Crippen LogP contribution in [0.5, 0.6) is 0 Å². The molecule has 10 heteroatoms. The smallest absolute Gasteiger partial charge is 0.271 e. The fourth-order valence-corrected chi connectivity index (χ4v) is 4.52. The number of anilines is 1. The molecule has 0 saturated carbocycles. The minimum absolute atomic E-state index is 0.0501. The highest BCUT2D eigenvalue weighted by Crippen LogP contribution is 2.22. The number of hydrazone groups is 1. The molecule has 0 spiro atoms. The van der Waals surface area contributed by atoms with Gasteiger partial charge < -0.3 is 0 Å². The number of carbonyl (C=O) groups is 1. The van der Waals surface area contributed by atoms with Crippen LogP contribution in [0.25, 0.3) is 0 Å². The van der Waals surface area contributed by atoms with Crippen LogP contribution in [-0.4, -0.2) is 20.0 Å². The van der Waals surface area contributed by atoms with E-state index in [4.69, 9.17) is 23.2 Å². The molecule has 0 bridgehead atoms. The molecule has 29 heavy (non-hydrogen) atoms. The zero-order valence-electron chi connectivity index (χ0n) is 15.0. The molecule has 0 aliphatic rings. The number of benzene rings is 2. The van der Waals surface area contributed by atoms with Crippen molar-refractivity contribution >= 4 is 61.9 Å². The lowest BCUT2D eigenvalue weighted by molar-refractivity contribution is 0.0954. The molecule has 6 nitrogen and oxygen atoms in total. The van der Waals surface area contributed by atoms with Gasteiger partial charge in [0.15, 0.2) is 0 Å². The molecule has 1 amide bonds. The third-order valence-electron chi connectivity index (χ3n) is 3.76. The number of nitrogens with zero attached hydrogens (tertiary/aromatic N) is 1. The van der Waals surface area contributed by atoms with Gasteiger partial charge in [0, 0.05) is 16.3 Å². The van der Waals surface area contributed by atoms with Gasteiger partial charge in [-0.25, -0.2) is 13.8 Å². The second kappa shape index (κ2) is 8.96. The van der Waals surface area contributed by atoms with Gasteiger partial charge in [-0.2, -0.15) is 5.10 Å². The zero-order valence-corrected chi connectivity index (χ0v) is 18.2. The summed E-state index contributed by atoms with van der Waals surface area (Å²) in [5, 5.41) is 4.54. The van der Waals surface area contributed by atoms with E-state index in [9.17, 15) is 13.2 Å². The molecule has 0 unspecified atom stereocenters. The van der Waals surface area contributed by atoms with E-state index in [2.05, 4.69) is 15.2 Å². The van der Waals surface area contributed by atoms with Crippen LogP contribution in [0.15, 0.2) is 70.7 Å². The first-order valence-electron chi connectivity index (χ1n) is 8.23. The van der Waals surface area contributed by atoms with E-state index in [1.165, 1.54) is 35.6 Å². The van der Waals surface area contributed by atoms with Crippen LogP contribution in [0, 0.1) is 0 Å². The number of nitrogens with one attached hydrogen (secondary N) is 2. The minimum atomic E-state index is -3.88. The molecule has 2 aromatic carbocycles. The maximum absolute atomic E-state index is 12.6. The van der Waals surface area contributed by atoms with Crippen LogP contribution in [-0.2, 0) is 10.0 Å². The third-order valence-corrected chi connectivity index (χ3v) is 6.73. The largest absolute Gasteiger partial charge is 0.280 e. The van der Waals surface area contributed by atoms with Crippen molar-refractivity contribution in [3.05, 3.63) is 80.5 Å². The fourth-order valence-electron chi connectivity index (χ4n) is 2.30. The average Bonchev–Trinajstić information content (AvgIpc) is 3.14. The van der Waals surface area contributed by atoms with Gasteiger partial charge in [-0.15, -0.1) is 11.3 Å². The molecular weight excluding hydrogens is 453 g/mol. The van der Waals surface area contributed by atoms with Crippen molar-refractivity contribution in [3.63, 3.8) is 0 Å². The lowest BCUT2D eigenvalue weighted by Crippen LogP contribution is -2.20. The quantitative estimate of drug-likeness (QED) is 0.394. The van der Waals surface area contributed by atoms with E-state index in [1.807, 2.05) is 0 Å². The van der Waals surface area contributed by atoms with Crippen molar-refractivity contribution in [1.82, 2.24) is 5.43 Å². The third kappa shape index (κ3) is 5.57. The van der Waals surface area contributed by atoms with E-state index < -0.39 is 15.9 Å². The number of sulfonamides is 1. The number of hydrogen-bond donors (Lipinski definition) is 2. The molecule has 0 saturated heterocycles. The van der Waals surface area contributed by atoms with E-state index in [1.54, 1.807) is 43.3 Å². The Morgan fingerprint density at radius 3 is 2.41 bits per heavy atom. The minimum Gasteiger partial charge on any atom is -0.280 e. The van der Waals surface area contributed by atoms with Crippen molar-refractivity contribution in [2.45, 2.75) is 11.8 Å². The second-order valence-electron chi connectivity index (χ2n) is 5.88. The van der Waals surface area contributed by atoms with Crippen LogP contribution in [0.2, 0.25) is 9.36 Å². The summed E-state index contributed by atoms with van der Waals surface area (Å²) in [6, 6.07) is 15.4. The van der Waals surface area contributed by atoms with E-state index in [0.29, 0.717) is 20.8 Å². The number of thiophene rings is 1. The Bertz CT molecular complexity index is 1170. The molecular formula is C19H15Cl2N3O3S2. The van der Waals surface area contributed by atoms with Crippen LogP contribution in [0.1, 0.15) is 22.2 Å². The summed E-state index contributed by atoms with van der Waals surface area (Å²) in [6.45, 7) is 1.74. The molecule has 150 valence electrons. The maximum Gasteiger partial charge on any atom is 0.271 e. The summed E-state index contributed by atoms with van der Waals surface area (Å²) in [4.78, 5) is 13.2. The Labute approximate surface area is 182 Å². The Hall–Kier alpha value is -2.39. The number of halogens is 2. The van der Waals surface area contributed by atoms with Crippen LogP contribution in [0.4, 0.5) is 5.69 Å². The van der Waals surface area contributed by atoms with Gasteiger partial charge in [-0.05, 0) is 61.5 Å². The van der Waals surface area contributed by atoms with Gasteiger partial charge in [0.1, 0.15) is 0 Å². The molecule has 3 aromatic rings. The van der Waals surface area contributed by atoms with Gasteiger partial charge in [0.25, 0.3) is 15.9 Å². The number of amides is 1. The number of rotatable bonds is 6. The fraction of sp³-hybridized carbons (Fsp3) is 0.0526. The Morgan fingerprint density at radius 1 is 1.03 bits per heavy atom. The molecule has 0 atom stereocenters. The monoisotopic (exact) mass is 467 g/mol. The van der Waals surface area contributed by atoms with Gasteiger partial charge in [0.2, 0.25) is 0 Å². The highest BCUT2D eigenvalue weighted by molar-refractivity contribution is 7.92. The molecule has 0 fully saturated rings. The highest BCUT2D eigenvalue weighted by Gasteiger charge is 2.16. The van der Waals surface area contributed by atoms with Crippen LogP contribution in [0.3, 0.4) is 0 Å². The Kier molecular flexibility index (Phi) is 6.59. The Morgan fingerprint density at radius 2 is 1.76 bits per heavy atom. The van der Waals surface area contributed by atoms with Crippen molar-refractivity contribution in [2.24, 2.45) is 5.10 Å². The molecule has 0 aliphatic carbocycles. The summed E-state index contributed by atoms with van der Waals surface area (Å²) >= 11 is 13.0. The van der Waals surface area contributed by atoms with Gasteiger partial charge >= 0.3 is 0 Å². The van der Waals surface area contributed by atoms with Gasteiger partial charge in [-0.3, -0.25) is 9.52 Å². The number of hydrogen-bond acceptors (Lipinski definition) is 5. The predicted octanol–water partition coefficient (Wildman–Crippen LogP) is 5.01. The lowest BCUT2D eigenvalue weighted by Gasteiger charge is -2.09. The van der Waals surface area contributed by atoms with E-state index >= 15 is 0 Å². The second-order valence-corrected chi connectivity index (χ2v) is 9.72. The molecule has 0 aliphatic heterocycles. The summed E-state index contributed by atoms with van der Waals surface area (Å²) < 4.78 is 28.3. The summed E-state index contributed by atoms with van der Waals surface area (Å²) in [5.74, 6) is -0.532. The van der Waals surface area contributed by atoms with Crippen LogP contribution >= 0.6 is 34.5 Å². The van der Waals surface area contributed by atoms with Crippen molar-refractivity contribution < 1.29 is 13.2 Å². The van der Waals surface area contributed by atoms with Crippen molar-refractivity contribution in [2.75, 3.05) is 4.72 Å². The van der Waals surface area contributed by atoms with Gasteiger partial charge in [0.05, 0.1) is 19.8 Å². The number of carbonyl (C=O) groups excluding carboxylic acids is 1. The SMILES string of the molecule is CC(=NNC(=O)c1cccc(S(=O)(=O)Nc2ccc(Cl)cc2)c1)c1ccc(Cl)s1. The van der Waals surface area contributed by atoms with E-state index in [0.717, 1.165) is 4.88 Å². The normalized spacial score (nSPS) is 11.9. The molecule has 2 N–H and O–H groups in total. The predicted molar refractivity (Wildman–Crippen MR) is 118 cm³/mol. The van der Waals surface area contributed by atoms with Crippen LogP contribution < -0.4 is 10.1 Å². The summed E-state index contributed by atoms with van der Waals surface area (Å²) in [5.41, 5.74) is 3.53. The topological polar surface area (TPSA) is 87.6 Å². The maximum atomic E-state index is 12.6. The van der Waals surface area contributed by atoms with Gasteiger partial charge in [-0.1, -0.05) is 29.3 Å². The molecule has 1 heterocycles. The Balaban J connectivity index is 1.75. The first kappa shape index (κ1) is 21.3.